The fourth-order valence-electron chi connectivity index (χ4n) is 9.40. The van der Waals surface area contributed by atoms with Crippen molar-refractivity contribution in [3.05, 3.63) is 11.6 Å². The lowest BCUT2D eigenvalue weighted by Gasteiger charge is -2.58. The normalized spacial score (nSPS) is 38.3. The molecule has 0 unspecified atom stereocenters. The van der Waals surface area contributed by atoms with Crippen LogP contribution in [0.2, 0.25) is 0 Å². The third-order valence-corrected chi connectivity index (χ3v) is 11.5. The molecule has 216 valence electrons. The summed E-state index contributed by atoms with van der Waals surface area (Å²) in [5.74, 6) is 2.37. The number of rotatable bonds is 10. The smallest absolute Gasteiger partial charge is 0.320 e. The number of esters is 1. The highest BCUT2D eigenvalue weighted by molar-refractivity contribution is 5.75. The van der Waals surface area contributed by atoms with E-state index in [0.29, 0.717) is 11.3 Å². The summed E-state index contributed by atoms with van der Waals surface area (Å²) in [5.41, 5.74) is 7.11. The fraction of sp³-hybridized carbons (Fsp3) is 0.875. The first-order chi connectivity index (χ1) is 17.7. The van der Waals surface area contributed by atoms with Gasteiger partial charge in [-0.1, -0.05) is 45.3 Å². The zero-order chi connectivity index (χ0) is 27.9. The van der Waals surface area contributed by atoms with E-state index in [1.54, 1.807) is 0 Å². The molecule has 4 N–H and O–H groups in total. The molecule has 0 aromatic heterocycles. The van der Waals surface area contributed by atoms with Gasteiger partial charge < -0.3 is 20.7 Å². The van der Waals surface area contributed by atoms with Crippen molar-refractivity contribution in [2.45, 2.75) is 136 Å². The van der Waals surface area contributed by atoms with Gasteiger partial charge in [-0.2, -0.15) is 0 Å². The number of allylic oxidation sites excluding steroid dienone is 1. The molecule has 3 fully saturated rings. The highest BCUT2D eigenvalue weighted by Gasteiger charge is 2.59. The lowest BCUT2D eigenvalue weighted by molar-refractivity contribution is -0.152. The van der Waals surface area contributed by atoms with Crippen LogP contribution in [0.3, 0.4) is 0 Å². The Kier molecular flexibility index (Phi) is 8.74. The number of hydrogen-bond donors (Lipinski definition) is 3. The Bertz CT molecular complexity index is 908. The van der Waals surface area contributed by atoms with E-state index in [2.05, 4.69) is 26.8 Å². The summed E-state index contributed by atoms with van der Waals surface area (Å²) in [6.45, 7) is 11.4. The minimum absolute atomic E-state index is 0.0581. The number of ether oxygens (including phenoxy) is 1. The topological polar surface area (TPSA) is 110 Å². The Morgan fingerprint density at radius 3 is 2.55 bits per heavy atom. The summed E-state index contributed by atoms with van der Waals surface area (Å²) in [6.07, 6.45) is 15.0. The van der Waals surface area contributed by atoms with Crippen LogP contribution in [0.5, 0.6) is 0 Å². The summed E-state index contributed by atoms with van der Waals surface area (Å²) in [7, 11) is 0. The monoisotopic (exact) mass is 531 g/mol. The number of carbonyl (C=O) groups excluding carboxylic acids is 1. The van der Waals surface area contributed by atoms with Gasteiger partial charge in [0, 0.05) is 12.8 Å². The van der Waals surface area contributed by atoms with Crippen LogP contribution in [-0.2, 0) is 14.3 Å². The molecule has 6 heteroatoms. The second kappa shape index (κ2) is 11.2. The standard InChI is InChI=1S/C32H53NO5/c1-20(7-6-16-30(2,3)37)24-10-11-25-23-9-8-21-19-22(38-28(34)13-12-27(33)29(35)36)14-17-31(21,4)26(23)15-18-32(24,25)5/h8,20,22-27,37H,6-7,9-19,33H2,1-5H3,(H,35,36)/t20-,22+,23+,24-,25+,26+,27+,31+,32-/m1/s1. The molecule has 9 atom stereocenters. The predicted molar refractivity (Wildman–Crippen MR) is 149 cm³/mol. The Hall–Kier alpha value is -1.40. The minimum Gasteiger partial charge on any atom is -0.480 e. The SMILES string of the molecule is C[C@H](CCCC(C)(C)O)[C@H]1CC[C@H]2[C@@H]3CC=C4C[C@@H](OC(=O)CC[C@H](N)C(=O)O)CC[C@]4(C)[C@H]3CC[C@]12C. The quantitative estimate of drug-likeness (QED) is 0.227. The number of aliphatic hydroxyl groups is 1. The first-order valence-electron chi connectivity index (χ1n) is 15.3. The molecule has 4 aliphatic carbocycles. The maximum atomic E-state index is 12.4. The van der Waals surface area contributed by atoms with Crippen LogP contribution >= 0.6 is 0 Å². The van der Waals surface area contributed by atoms with E-state index in [9.17, 15) is 14.7 Å². The van der Waals surface area contributed by atoms with Crippen molar-refractivity contribution in [1.82, 2.24) is 0 Å². The molecule has 0 aromatic rings. The highest BCUT2D eigenvalue weighted by Crippen LogP contribution is 2.67. The molecule has 0 amide bonds. The zero-order valence-corrected chi connectivity index (χ0v) is 24.5. The number of carboxylic acids is 1. The molecular formula is C32H53NO5. The van der Waals surface area contributed by atoms with Gasteiger partial charge in [0.25, 0.3) is 0 Å². The third kappa shape index (κ3) is 6.01. The van der Waals surface area contributed by atoms with Gasteiger partial charge in [0.2, 0.25) is 0 Å². The fourth-order valence-corrected chi connectivity index (χ4v) is 9.40. The molecule has 4 aliphatic rings. The summed E-state index contributed by atoms with van der Waals surface area (Å²) >= 11 is 0. The maximum Gasteiger partial charge on any atom is 0.320 e. The molecule has 0 saturated heterocycles. The Balaban J connectivity index is 1.37. The number of carbonyl (C=O) groups is 2. The van der Waals surface area contributed by atoms with Gasteiger partial charge in [0.15, 0.2) is 0 Å². The summed E-state index contributed by atoms with van der Waals surface area (Å²) in [4.78, 5) is 23.3. The molecule has 4 rings (SSSR count). The van der Waals surface area contributed by atoms with Crippen molar-refractivity contribution in [1.29, 1.82) is 0 Å². The van der Waals surface area contributed by atoms with Gasteiger partial charge in [0.05, 0.1) is 5.60 Å². The van der Waals surface area contributed by atoms with Gasteiger partial charge in [-0.15, -0.1) is 0 Å². The van der Waals surface area contributed by atoms with Crippen LogP contribution in [0.4, 0.5) is 0 Å². The lowest BCUT2D eigenvalue weighted by Crippen LogP contribution is -2.51. The average molecular weight is 532 g/mol. The molecule has 0 radical (unpaired) electrons. The second-order valence-corrected chi connectivity index (χ2v) is 14.5. The van der Waals surface area contributed by atoms with E-state index in [-0.39, 0.29) is 30.3 Å². The van der Waals surface area contributed by atoms with Crippen LogP contribution in [0, 0.1) is 40.4 Å². The third-order valence-electron chi connectivity index (χ3n) is 11.5. The molecule has 0 spiro atoms. The highest BCUT2D eigenvalue weighted by atomic mass is 16.5. The molecule has 6 nitrogen and oxygen atoms in total. The molecule has 0 bridgehead atoms. The molecule has 0 aromatic carbocycles. The van der Waals surface area contributed by atoms with E-state index in [4.69, 9.17) is 15.6 Å². The predicted octanol–water partition coefficient (Wildman–Crippen LogP) is 6.25. The van der Waals surface area contributed by atoms with Crippen LogP contribution in [0.15, 0.2) is 11.6 Å². The second-order valence-electron chi connectivity index (χ2n) is 14.5. The largest absolute Gasteiger partial charge is 0.480 e. The molecule has 3 saturated carbocycles. The van der Waals surface area contributed by atoms with Crippen LogP contribution in [-0.4, -0.2) is 39.9 Å². The van der Waals surface area contributed by atoms with E-state index >= 15 is 0 Å². The Morgan fingerprint density at radius 2 is 1.87 bits per heavy atom. The van der Waals surface area contributed by atoms with Crippen molar-refractivity contribution >= 4 is 11.9 Å². The number of carboxylic acid groups (broad SMARTS) is 1. The van der Waals surface area contributed by atoms with Gasteiger partial charge in [-0.25, -0.2) is 0 Å². The number of fused-ring (bicyclic) bond motifs is 5. The van der Waals surface area contributed by atoms with E-state index in [1.165, 1.54) is 37.7 Å². The van der Waals surface area contributed by atoms with Gasteiger partial charge in [0.1, 0.15) is 12.1 Å². The Labute approximate surface area is 230 Å². The van der Waals surface area contributed by atoms with Crippen molar-refractivity contribution < 1.29 is 24.5 Å². The maximum absolute atomic E-state index is 12.4. The Morgan fingerprint density at radius 1 is 1.13 bits per heavy atom. The van der Waals surface area contributed by atoms with Gasteiger partial charge in [-0.3, -0.25) is 9.59 Å². The number of nitrogens with two attached hydrogens (primary N) is 1. The zero-order valence-electron chi connectivity index (χ0n) is 24.5. The molecule has 0 aliphatic heterocycles. The van der Waals surface area contributed by atoms with Crippen LogP contribution in [0.1, 0.15) is 118 Å². The van der Waals surface area contributed by atoms with Crippen molar-refractivity contribution in [2.24, 2.45) is 46.2 Å². The molecule has 38 heavy (non-hydrogen) atoms. The first-order valence-corrected chi connectivity index (χ1v) is 15.3. The van der Waals surface area contributed by atoms with E-state index in [0.717, 1.165) is 62.2 Å². The van der Waals surface area contributed by atoms with Crippen LogP contribution in [0.25, 0.3) is 0 Å². The van der Waals surface area contributed by atoms with Crippen molar-refractivity contribution in [3.63, 3.8) is 0 Å². The van der Waals surface area contributed by atoms with Crippen molar-refractivity contribution in [3.8, 4) is 0 Å². The van der Waals surface area contributed by atoms with E-state index in [1.807, 2.05) is 13.8 Å². The first kappa shape index (κ1) is 29.6. The van der Waals surface area contributed by atoms with Gasteiger partial charge in [-0.05, 0) is 112 Å². The summed E-state index contributed by atoms with van der Waals surface area (Å²) in [5, 5.41) is 19.1. The lowest BCUT2D eigenvalue weighted by atomic mass is 9.47. The summed E-state index contributed by atoms with van der Waals surface area (Å²) < 4.78 is 5.79. The van der Waals surface area contributed by atoms with Gasteiger partial charge >= 0.3 is 11.9 Å². The summed E-state index contributed by atoms with van der Waals surface area (Å²) in [6, 6.07) is -1.02. The molecular weight excluding hydrogens is 478 g/mol. The van der Waals surface area contributed by atoms with Crippen LogP contribution < -0.4 is 5.73 Å². The van der Waals surface area contributed by atoms with E-state index < -0.39 is 17.6 Å². The average Bonchev–Trinajstić information content (AvgIpc) is 3.19. The number of aliphatic carboxylic acids is 1. The minimum atomic E-state index is -1.08. The number of hydrogen-bond acceptors (Lipinski definition) is 5. The molecule has 0 heterocycles. The van der Waals surface area contributed by atoms with Crippen molar-refractivity contribution in [2.75, 3.05) is 0 Å².